The molecule has 1 aromatic rings. The molecule has 0 aromatic heterocycles. The minimum Gasteiger partial charge on any atom is -0.508 e. The van der Waals surface area contributed by atoms with Crippen LogP contribution in [0.5, 0.6) is 5.75 Å². The molecule has 0 radical (unpaired) electrons. The molecule has 0 aliphatic carbocycles. The second kappa shape index (κ2) is 3.65. The van der Waals surface area contributed by atoms with Crippen molar-refractivity contribution in [3.63, 3.8) is 0 Å². The third-order valence-corrected chi connectivity index (χ3v) is 2.40. The molecular formula is C9H12BrNO2. The first-order valence-corrected chi connectivity index (χ1v) is 4.65. The zero-order chi connectivity index (χ0) is 10.1. The van der Waals surface area contributed by atoms with Gasteiger partial charge in [0.15, 0.2) is 0 Å². The average Bonchev–Trinajstić information content (AvgIpc) is 2.03. The topological polar surface area (TPSA) is 66.5 Å². The Labute approximate surface area is 85.3 Å². The maximum Gasteiger partial charge on any atom is 0.121 e. The summed E-state index contributed by atoms with van der Waals surface area (Å²) < 4.78 is 0.780. The first-order chi connectivity index (χ1) is 5.97. The normalized spacial score (nSPS) is 15.4. The van der Waals surface area contributed by atoms with E-state index < -0.39 is 5.54 Å². The Morgan fingerprint density at radius 2 is 2.15 bits per heavy atom. The third-order valence-electron chi connectivity index (χ3n) is 1.90. The van der Waals surface area contributed by atoms with Crippen molar-refractivity contribution in [2.75, 3.05) is 6.61 Å². The predicted molar refractivity (Wildman–Crippen MR) is 54.4 cm³/mol. The zero-order valence-electron chi connectivity index (χ0n) is 7.29. The monoisotopic (exact) mass is 245 g/mol. The molecule has 0 bridgehead atoms. The number of phenolic OH excluding ortho intramolecular Hbond substituents is 1. The Bertz CT molecular complexity index is 312. The number of hydrogen-bond acceptors (Lipinski definition) is 3. The molecule has 0 heterocycles. The summed E-state index contributed by atoms with van der Waals surface area (Å²) in [7, 11) is 0. The van der Waals surface area contributed by atoms with E-state index in [0.717, 1.165) is 4.47 Å². The van der Waals surface area contributed by atoms with Crippen molar-refractivity contribution < 1.29 is 10.2 Å². The summed E-state index contributed by atoms with van der Waals surface area (Å²) in [5, 5.41) is 18.5. The lowest BCUT2D eigenvalue weighted by Gasteiger charge is -2.23. The van der Waals surface area contributed by atoms with Gasteiger partial charge in [-0.1, -0.05) is 22.0 Å². The Kier molecular flexibility index (Phi) is 2.95. The standard InChI is InChI=1S/C9H12BrNO2/c1-9(11,5-12)7-3-2-6(10)4-8(7)13/h2-4,12-13H,5,11H2,1H3. The van der Waals surface area contributed by atoms with Crippen molar-refractivity contribution in [1.82, 2.24) is 0 Å². The van der Waals surface area contributed by atoms with Crippen LogP contribution in [0.1, 0.15) is 12.5 Å². The number of halogens is 1. The molecule has 1 unspecified atom stereocenters. The first-order valence-electron chi connectivity index (χ1n) is 3.86. The van der Waals surface area contributed by atoms with E-state index in [4.69, 9.17) is 10.8 Å². The summed E-state index contributed by atoms with van der Waals surface area (Å²) >= 11 is 3.22. The van der Waals surface area contributed by atoms with E-state index in [1.807, 2.05) is 0 Å². The van der Waals surface area contributed by atoms with Gasteiger partial charge in [0.2, 0.25) is 0 Å². The molecule has 0 saturated heterocycles. The molecule has 1 rings (SSSR count). The summed E-state index contributed by atoms with van der Waals surface area (Å²) in [6.07, 6.45) is 0. The van der Waals surface area contributed by atoms with Crippen molar-refractivity contribution >= 4 is 15.9 Å². The summed E-state index contributed by atoms with van der Waals surface area (Å²) in [5.74, 6) is 0.0911. The van der Waals surface area contributed by atoms with Crippen molar-refractivity contribution in [3.05, 3.63) is 28.2 Å². The quantitative estimate of drug-likeness (QED) is 0.737. The lowest BCUT2D eigenvalue weighted by Crippen LogP contribution is -2.36. The van der Waals surface area contributed by atoms with E-state index in [9.17, 15) is 5.11 Å². The van der Waals surface area contributed by atoms with Gasteiger partial charge in [-0.3, -0.25) is 0 Å². The van der Waals surface area contributed by atoms with Crippen LogP contribution in [0.2, 0.25) is 0 Å². The summed E-state index contributed by atoms with van der Waals surface area (Å²) in [4.78, 5) is 0. The minimum absolute atomic E-state index is 0.0911. The summed E-state index contributed by atoms with van der Waals surface area (Å²) in [6.45, 7) is 1.46. The van der Waals surface area contributed by atoms with Crippen molar-refractivity contribution in [1.29, 1.82) is 0 Å². The van der Waals surface area contributed by atoms with Gasteiger partial charge < -0.3 is 15.9 Å². The Hall–Kier alpha value is -0.580. The molecule has 3 nitrogen and oxygen atoms in total. The number of aliphatic hydroxyl groups excluding tert-OH is 1. The second-order valence-electron chi connectivity index (χ2n) is 3.24. The van der Waals surface area contributed by atoms with Gasteiger partial charge in [-0.05, 0) is 19.1 Å². The highest BCUT2D eigenvalue weighted by atomic mass is 79.9. The van der Waals surface area contributed by atoms with Gasteiger partial charge in [0, 0.05) is 10.0 Å². The fraction of sp³-hybridized carbons (Fsp3) is 0.333. The van der Waals surface area contributed by atoms with Crippen LogP contribution in [-0.4, -0.2) is 16.8 Å². The number of benzene rings is 1. The van der Waals surface area contributed by atoms with Crippen LogP contribution >= 0.6 is 15.9 Å². The molecule has 13 heavy (non-hydrogen) atoms. The van der Waals surface area contributed by atoms with Crippen molar-refractivity contribution in [3.8, 4) is 5.75 Å². The molecule has 0 aliphatic rings. The summed E-state index contributed by atoms with van der Waals surface area (Å²) in [5.41, 5.74) is 5.40. The maximum absolute atomic E-state index is 9.54. The van der Waals surface area contributed by atoms with Crippen LogP contribution in [0.25, 0.3) is 0 Å². The molecule has 0 amide bonds. The van der Waals surface area contributed by atoms with E-state index in [1.54, 1.807) is 25.1 Å². The van der Waals surface area contributed by atoms with Gasteiger partial charge in [-0.2, -0.15) is 0 Å². The maximum atomic E-state index is 9.54. The third kappa shape index (κ3) is 2.21. The van der Waals surface area contributed by atoms with Crippen LogP contribution in [0.3, 0.4) is 0 Å². The average molecular weight is 246 g/mol. The number of rotatable bonds is 2. The molecule has 0 fully saturated rings. The van der Waals surface area contributed by atoms with Crippen molar-refractivity contribution in [2.24, 2.45) is 5.73 Å². The van der Waals surface area contributed by atoms with Gasteiger partial charge in [0.05, 0.1) is 12.1 Å². The zero-order valence-corrected chi connectivity index (χ0v) is 8.87. The second-order valence-corrected chi connectivity index (χ2v) is 4.15. The van der Waals surface area contributed by atoms with Crippen LogP contribution in [0, 0.1) is 0 Å². The molecule has 0 aliphatic heterocycles. The number of phenols is 1. The highest BCUT2D eigenvalue weighted by Gasteiger charge is 2.23. The lowest BCUT2D eigenvalue weighted by atomic mass is 9.93. The SMILES string of the molecule is CC(N)(CO)c1ccc(Br)cc1O. The highest BCUT2D eigenvalue weighted by molar-refractivity contribution is 9.10. The van der Waals surface area contributed by atoms with E-state index in [0.29, 0.717) is 5.56 Å². The largest absolute Gasteiger partial charge is 0.508 e. The molecular weight excluding hydrogens is 234 g/mol. The number of aliphatic hydroxyl groups is 1. The first kappa shape index (κ1) is 10.5. The van der Waals surface area contributed by atoms with Crippen molar-refractivity contribution in [2.45, 2.75) is 12.5 Å². The van der Waals surface area contributed by atoms with E-state index in [-0.39, 0.29) is 12.4 Å². The fourth-order valence-corrected chi connectivity index (χ4v) is 1.42. The lowest BCUT2D eigenvalue weighted by molar-refractivity contribution is 0.207. The summed E-state index contributed by atoms with van der Waals surface area (Å²) in [6, 6.07) is 5.02. The smallest absolute Gasteiger partial charge is 0.121 e. The van der Waals surface area contributed by atoms with Crippen LogP contribution in [-0.2, 0) is 5.54 Å². The predicted octanol–water partition coefficient (Wildman–Crippen LogP) is 1.32. The van der Waals surface area contributed by atoms with Gasteiger partial charge in [-0.15, -0.1) is 0 Å². The Morgan fingerprint density at radius 3 is 2.62 bits per heavy atom. The number of hydrogen-bond donors (Lipinski definition) is 3. The van der Waals surface area contributed by atoms with Gasteiger partial charge in [0.25, 0.3) is 0 Å². The van der Waals surface area contributed by atoms with Crippen LogP contribution < -0.4 is 5.73 Å². The molecule has 72 valence electrons. The van der Waals surface area contributed by atoms with E-state index in [1.165, 1.54) is 0 Å². The number of aromatic hydroxyl groups is 1. The Balaban J connectivity index is 3.16. The van der Waals surface area contributed by atoms with Gasteiger partial charge in [-0.25, -0.2) is 0 Å². The number of nitrogens with two attached hydrogens (primary N) is 1. The molecule has 1 atom stereocenters. The highest BCUT2D eigenvalue weighted by Crippen LogP contribution is 2.29. The molecule has 4 N–H and O–H groups in total. The Morgan fingerprint density at radius 1 is 1.54 bits per heavy atom. The molecule has 4 heteroatoms. The fourth-order valence-electron chi connectivity index (χ4n) is 1.07. The van der Waals surface area contributed by atoms with Crippen LogP contribution in [0.4, 0.5) is 0 Å². The minimum atomic E-state index is -0.898. The molecule has 1 aromatic carbocycles. The van der Waals surface area contributed by atoms with E-state index >= 15 is 0 Å². The molecule has 0 spiro atoms. The van der Waals surface area contributed by atoms with Gasteiger partial charge >= 0.3 is 0 Å². The van der Waals surface area contributed by atoms with Gasteiger partial charge in [0.1, 0.15) is 5.75 Å². The van der Waals surface area contributed by atoms with Crippen LogP contribution in [0.15, 0.2) is 22.7 Å². The van der Waals surface area contributed by atoms with E-state index in [2.05, 4.69) is 15.9 Å². The molecule has 0 saturated carbocycles.